The van der Waals surface area contributed by atoms with Crippen molar-refractivity contribution in [1.82, 2.24) is 5.32 Å². The maximum atomic E-state index is 13.2. The molecule has 0 radical (unpaired) electrons. The lowest BCUT2D eigenvalue weighted by molar-refractivity contribution is -0.136. The van der Waals surface area contributed by atoms with Gasteiger partial charge < -0.3 is 15.8 Å². The number of hydrazone groups is 1. The number of halogens is 1. The van der Waals surface area contributed by atoms with Crippen molar-refractivity contribution in [2.75, 3.05) is 18.2 Å². The second kappa shape index (κ2) is 10.5. The third-order valence-electron chi connectivity index (χ3n) is 4.98. The molecule has 2 aromatic rings. The number of anilines is 1. The summed E-state index contributed by atoms with van der Waals surface area (Å²) in [4.78, 5) is 36.1. The first-order chi connectivity index (χ1) is 15.3. The van der Waals surface area contributed by atoms with E-state index < -0.39 is 23.7 Å². The van der Waals surface area contributed by atoms with Crippen LogP contribution in [0.2, 0.25) is 0 Å². The minimum Gasteiger partial charge on any atom is -0.459 e. The molecule has 9 heteroatoms. The Balaban J connectivity index is 1.45. The molecular formula is C23H25FN4O4. The number of benzene rings is 2. The number of hydrogen-bond donors (Lipinski definition) is 2. The Morgan fingerprint density at radius 1 is 1.16 bits per heavy atom. The molecule has 0 aliphatic carbocycles. The average Bonchev–Trinajstić information content (AvgIpc) is 3.23. The summed E-state index contributed by atoms with van der Waals surface area (Å²) in [5, 5.41) is 8.12. The van der Waals surface area contributed by atoms with E-state index in [-0.39, 0.29) is 31.2 Å². The van der Waals surface area contributed by atoms with Gasteiger partial charge in [-0.2, -0.15) is 5.10 Å². The maximum Gasteiger partial charge on any atom is 0.354 e. The van der Waals surface area contributed by atoms with Crippen molar-refractivity contribution in [2.24, 2.45) is 10.8 Å². The summed E-state index contributed by atoms with van der Waals surface area (Å²) in [6, 6.07) is 12.4. The predicted molar refractivity (Wildman–Crippen MR) is 117 cm³/mol. The molecule has 0 saturated carbocycles. The molecule has 1 aliphatic heterocycles. The highest BCUT2D eigenvalue weighted by Crippen LogP contribution is 2.25. The second-order valence-corrected chi connectivity index (χ2v) is 7.46. The van der Waals surface area contributed by atoms with E-state index in [0.29, 0.717) is 18.5 Å². The maximum absolute atomic E-state index is 13.2. The Kier molecular flexibility index (Phi) is 7.54. The van der Waals surface area contributed by atoms with E-state index in [1.165, 1.54) is 29.3 Å². The van der Waals surface area contributed by atoms with E-state index in [9.17, 15) is 18.8 Å². The molecule has 2 amide bonds. The van der Waals surface area contributed by atoms with Crippen molar-refractivity contribution in [2.45, 2.75) is 32.2 Å². The SMILES string of the molecule is Cc1ccc(CCC(=O)NCCOC(=O)C2=NN(c3ccc(F)cc3)C(C(N)=O)C2)cc1. The summed E-state index contributed by atoms with van der Waals surface area (Å²) in [6.45, 7) is 2.13. The van der Waals surface area contributed by atoms with E-state index in [0.717, 1.165) is 11.1 Å². The molecule has 8 nitrogen and oxygen atoms in total. The highest BCUT2D eigenvalue weighted by molar-refractivity contribution is 6.38. The molecule has 2 aromatic carbocycles. The molecule has 168 valence electrons. The van der Waals surface area contributed by atoms with Crippen LogP contribution in [-0.2, 0) is 25.5 Å². The molecule has 0 bridgehead atoms. The number of nitrogens with one attached hydrogen (secondary N) is 1. The molecule has 3 N–H and O–H groups in total. The molecule has 1 heterocycles. The van der Waals surface area contributed by atoms with Crippen LogP contribution in [0.4, 0.5) is 10.1 Å². The zero-order valence-corrected chi connectivity index (χ0v) is 17.7. The zero-order valence-electron chi connectivity index (χ0n) is 17.7. The van der Waals surface area contributed by atoms with Gasteiger partial charge in [-0.1, -0.05) is 29.8 Å². The van der Waals surface area contributed by atoms with Gasteiger partial charge in [0.05, 0.1) is 12.2 Å². The van der Waals surface area contributed by atoms with Crippen LogP contribution in [0.1, 0.15) is 24.0 Å². The number of carbonyl (C=O) groups excluding carboxylic acids is 3. The fourth-order valence-electron chi connectivity index (χ4n) is 3.21. The third-order valence-corrected chi connectivity index (χ3v) is 4.98. The van der Waals surface area contributed by atoms with E-state index in [1.54, 1.807) is 0 Å². The summed E-state index contributed by atoms with van der Waals surface area (Å²) < 4.78 is 18.3. The summed E-state index contributed by atoms with van der Waals surface area (Å²) >= 11 is 0. The lowest BCUT2D eigenvalue weighted by Gasteiger charge is -2.20. The monoisotopic (exact) mass is 440 g/mol. The smallest absolute Gasteiger partial charge is 0.354 e. The van der Waals surface area contributed by atoms with Gasteiger partial charge in [0.15, 0.2) is 0 Å². The summed E-state index contributed by atoms with van der Waals surface area (Å²) in [6.07, 6.45) is 0.932. The number of esters is 1. The summed E-state index contributed by atoms with van der Waals surface area (Å²) in [5.74, 6) is -1.94. The number of nitrogens with zero attached hydrogens (tertiary/aromatic N) is 2. The van der Waals surface area contributed by atoms with Crippen LogP contribution in [0.15, 0.2) is 53.6 Å². The van der Waals surface area contributed by atoms with Gasteiger partial charge in [-0.25, -0.2) is 9.18 Å². The van der Waals surface area contributed by atoms with Gasteiger partial charge >= 0.3 is 5.97 Å². The normalized spacial score (nSPS) is 15.2. The molecule has 3 rings (SSSR count). The fourth-order valence-corrected chi connectivity index (χ4v) is 3.21. The van der Waals surface area contributed by atoms with Crippen molar-refractivity contribution in [3.05, 3.63) is 65.5 Å². The largest absolute Gasteiger partial charge is 0.459 e. The van der Waals surface area contributed by atoms with Crippen LogP contribution < -0.4 is 16.1 Å². The number of amides is 2. The van der Waals surface area contributed by atoms with E-state index in [1.807, 2.05) is 31.2 Å². The number of carbonyl (C=O) groups is 3. The number of rotatable bonds is 9. The number of aryl methyl sites for hydroxylation is 2. The molecule has 0 aromatic heterocycles. The van der Waals surface area contributed by atoms with Crippen LogP contribution in [0.3, 0.4) is 0 Å². The molecule has 1 atom stereocenters. The minimum absolute atomic E-state index is 0.0194. The molecular weight excluding hydrogens is 415 g/mol. The third kappa shape index (κ3) is 6.13. The van der Waals surface area contributed by atoms with Gasteiger partial charge in [-0.05, 0) is 43.2 Å². The molecule has 0 spiro atoms. The Morgan fingerprint density at radius 3 is 2.50 bits per heavy atom. The summed E-state index contributed by atoms with van der Waals surface area (Å²) in [5.41, 5.74) is 8.12. The number of nitrogens with two attached hydrogens (primary N) is 1. The quantitative estimate of drug-likeness (QED) is 0.456. The number of primary amides is 1. The molecule has 32 heavy (non-hydrogen) atoms. The lowest BCUT2D eigenvalue weighted by atomic mass is 10.1. The topological polar surface area (TPSA) is 114 Å². The average molecular weight is 440 g/mol. The van der Waals surface area contributed by atoms with Crippen LogP contribution >= 0.6 is 0 Å². The molecule has 1 unspecified atom stereocenters. The van der Waals surface area contributed by atoms with E-state index >= 15 is 0 Å². The van der Waals surface area contributed by atoms with Crippen molar-refractivity contribution in [1.29, 1.82) is 0 Å². The van der Waals surface area contributed by atoms with Crippen LogP contribution in [0, 0.1) is 12.7 Å². The van der Waals surface area contributed by atoms with E-state index in [4.69, 9.17) is 10.5 Å². The highest BCUT2D eigenvalue weighted by atomic mass is 19.1. The first-order valence-corrected chi connectivity index (χ1v) is 10.2. The van der Waals surface area contributed by atoms with Crippen molar-refractivity contribution in [3.63, 3.8) is 0 Å². The predicted octanol–water partition coefficient (Wildman–Crippen LogP) is 1.85. The first kappa shape index (κ1) is 22.9. The Hall–Kier alpha value is -3.75. The van der Waals surface area contributed by atoms with Crippen LogP contribution in [0.5, 0.6) is 0 Å². The van der Waals surface area contributed by atoms with Crippen LogP contribution in [0.25, 0.3) is 0 Å². The number of hydrogen-bond acceptors (Lipinski definition) is 6. The zero-order chi connectivity index (χ0) is 23.1. The molecule has 1 aliphatic rings. The highest BCUT2D eigenvalue weighted by Gasteiger charge is 2.35. The van der Waals surface area contributed by atoms with Gasteiger partial charge in [-0.15, -0.1) is 0 Å². The van der Waals surface area contributed by atoms with Gasteiger partial charge in [0.1, 0.15) is 24.2 Å². The van der Waals surface area contributed by atoms with E-state index in [2.05, 4.69) is 10.4 Å². The van der Waals surface area contributed by atoms with Gasteiger partial charge in [0, 0.05) is 12.8 Å². The van der Waals surface area contributed by atoms with Gasteiger partial charge in [-0.3, -0.25) is 14.6 Å². The van der Waals surface area contributed by atoms with Crippen molar-refractivity contribution < 1.29 is 23.5 Å². The summed E-state index contributed by atoms with van der Waals surface area (Å²) in [7, 11) is 0. The minimum atomic E-state index is -0.871. The number of ether oxygens (including phenoxy) is 1. The van der Waals surface area contributed by atoms with Gasteiger partial charge in [0.25, 0.3) is 0 Å². The Morgan fingerprint density at radius 2 is 1.84 bits per heavy atom. The van der Waals surface area contributed by atoms with Crippen LogP contribution in [-0.4, -0.2) is 42.7 Å². The van der Waals surface area contributed by atoms with Gasteiger partial charge in [0.2, 0.25) is 11.8 Å². The Bertz CT molecular complexity index is 1010. The fraction of sp³-hybridized carbons (Fsp3) is 0.304. The van der Waals surface area contributed by atoms with Crippen molar-refractivity contribution in [3.8, 4) is 0 Å². The van der Waals surface area contributed by atoms with Crippen molar-refractivity contribution >= 4 is 29.2 Å². The molecule has 0 fully saturated rings. The molecule has 0 saturated heterocycles. The lowest BCUT2D eigenvalue weighted by Crippen LogP contribution is -2.39. The second-order valence-electron chi connectivity index (χ2n) is 7.46. The first-order valence-electron chi connectivity index (χ1n) is 10.2. The standard InChI is InChI=1S/C23H25FN4O4/c1-15-2-4-16(5-3-15)6-11-21(29)26-12-13-32-23(31)19-14-20(22(25)30)28(27-19)18-9-7-17(24)8-10-18/h2-5,7-10,20H,6,11-14H2,1H3,(H2,25,30)(H,26,29). The Labute approximate surface area is 185 Å².